The Balaban J connectivity index is 2.52. The predicted molar refractivity (Wildman–Crippen MR) is 60.9 cm³/mol. The van der Waals surface area contributed by atoms with E-state index in [0.29, 0.717) is 4.47 Å². The number of hydrogen-bond donors (Lipinski definition) is 0. The standard InChI is InChI=1S/C7H3ClIN3S/c8-7-12-11-6(13-7)5-4(9)2-1-3-10-5/h1-3H. The van der Waals surface area contributed by atoms with E-state index in [1.54, 1.807) is 6.20 Å². The molecular formula is C7H3ClIN3S. The van der Waals surface area contributed by atoms with E-state index in [1.807, 2.05) is 12.1 Å². The van der Waals surface area contributed by atoms with Crippen LogP contribution < -0.4 is 0 Å². The van der Waals surface area contributed by atoms with Gasteiger partial charge in [-0.1, -0.05) is 11.3 Å². The first kappa shape index (κ1) is 9.29. The number of pyridine rings is 1. The quantitative estimate of drug-likeness (QED) is 0.758. The molecular weight excluding hydrogens is 321 g/mol. The van der Waals surface area contributed by atoms with Crippen LogP contribution in [0.15, 0.2) is 18.3 Å². The average Bonchev–Trinajstić information content (AvgIpc) is 2.53. The van der Waals surface area contributed by atoms with Gasteiger partial charge in [-0.25, -0.2) is 0 Å². The van der Waals surface area contributed by atoms with Crippen molar-refractivity contribution in [3.05, 3.63) is 26.4 Å². The van der Waals surface area contributed by atoms with E-state index in [1.165, 1.54) is 11.3 Å². The minimum Gasteiger partial charge on any atom is -0.253 e. The van der Waals surface area contributed by atoms with Crippen molar-refractivity contribution >= 4 is 45.5 Å². The molecule has 0 aliphatic carbocycles. The van der Waals surface area contributed by atoms with Crippen LogP contribution in [0.2, 0.25) is 4.47 Å². The SMILES string of the molecule is Clc1nnc(-c2ncccc2I)s1. The first-order chi connectivity index (χ1) is 6.27. The van der Waals surface area contributed by atoms with Crippen molar-refractivity contribution in [3.8, 4) is 10.7 Å². The fourth-order valence-corrected chi connectivity index (χ4v) is 2.47. The third kappa shape index (κ3) is 1.97. The molecule has 0 saturated heterocycles. The van der Waals surface area contributed by atoms with E-state index >= 15 is 0 Å². The summed E-state index contributed by atoms with van der Waals surface area (Å²) in [7, 11) is 0. The summed E-state index contributed by atoms with van der Waals surface area (Å²) in [5, 5.41) is 8.40. The van der Waals surface area contributed by atoms with Crippen molar-refractivity contribution in [1.29, 1.82) is 0 Å². The predicted octanol–water partition coefficient (Wildman–Crippen LogP) is 2.86. The lowest BCUT2D eigenvalue weighted by molar-refractivity contribution is 1.08. The molecule has 0 atom stereocenters. The zero-order valence-corrected chi connectivity index (χ0v) is 9.97. The maximum Gasteiger partial charge on any atom is 0.207 e. The Morgan fingerprint density at radius 1 is 1.38 bits per heavy atom. The lowest BCUT2D eigenvalue weighted by Crippen LogP contribution is -1.85. The van der Waals surface area contributed by atoms with Gasteiger partial charge in [0.2, 0.25) is 4.47 Å². The molecule has 0 N–H and O–H groups in total. The van der Waals surface area contributed by atoms with Crippen LogP contribution in [0, 0.1) is 3.57 Å². The average molecular weight is 324 g/mol. The minimum absolute atomic E-state index is 0.441. The highest BCUT2D eigenvalue weighted by molar-refractivity contribution is 14.1. The number of aromatic nitrogens is 3. The maximum atomic E-state index is 5.68. The minimum atomic E-state index is 0.441. The van der Waals surface area contributed by atoms with Crippen molar-refractivity contribution in [1.82, 2.24) is 15.2 Å². The second-order valence-electron chi connectivity index (χ2n) is 2.19. The molecule has 2 rings (SSSR count). The largest absolute Gasteiger partial charge is 0.253 e. The van der Waals surface area contributed by atoms with Gasteiger partial charge in [0.1, 0.15) is 5.69 Å². The number of nitrogens with zero attached hydrogens (tertiary/aromatic N) is 3. The first-order valence-electron chi connectivity index (χ1n) is 3.37. The molecule has 6 heteroatoms. The normalized spacial score (nSPS) is 10.3. The molecule has 2 aromatic rings. The van der Waals surface area contributed by atoms with E-state index in [0.717, 1.165) is 14.3 Å². The fraction of sp³-hybridized carbons (Fsp3) is 0. The Bertz CT molecular complexity index is 431. The summed E-state index contributed by atoms with van der Waals surface area (Å²) < 4.78 is 1.49. The van der Waals surface area contributed by atoms with Crippen LogP contribution in [0.3, 0.4) is 0 Å². The molecule has 0 unspecified atom stereocenters. The molecule has 0 bridgehead atoms. The molecule has 13 heavy (non-hydrogen) atoms. The maximum absolute atomic E-state index is 5.68. The highest BCUT2D eigenvalue weighted by Crippen LogP contribution is 2.27. The molecule has 3 nitrogen and oxygen atoms in total. The van der Waals surface area contributed by atoms with Gasteiger partial charge in [0, 0.05) is 9.77 Å². The summed E-state index contributed by atoms with van der Waals surface area (Å²) in [6, 6.07) is 3.85. The van der Waals surface area contributed by atoms with Gasteiger partial charge in [-0.2, -0.15) is 0 Å². The molecule has 0 amide bonds. The third-order valence-corrected chi connectivity index (χ3v) is 3.26. The molecule has 2 aromatic heterocycles. The van der Waals surface area contributed by atoms with Gasteiger partial charge < -0.3 is 0 Å². The smallest absolute Gasteiger partial charge is 0.207 e. The molecule has 2 heterocycles. The van der Waals surface area contributed by atoms with Gasteiger partial charge in [0.05, 0.1) is 0 Å². The van der Waals surface area contributed by atoms with E-state index in [9.17, 15) is 0 Å². The summed E-state index contributed by atoms with van der Waals surface area (Å²) in [6.07, 6.45) is 1.73. The van der Waals surface area contributed by atoms with Gasteiger partial charge in [-0.05, 0) is 46.3 Å². The molecule has 0 saturated carbocycles. The van der Waals surface area contributed by atoms with Crippen LogP contribution >= 0.6 is 45.5 Å². The van der Waals surface area contributed by atoms with E-state index in [-0.39, 0.29) is 0 Å². The van der Waals surface area contributed by atoms with Crippen LogP contribution in [-0.4, -0.2) is 15.2 Å². The van der Waals surface area contributed by atoms with E-state index in [4.69, 9.17) is 11.6 Å². The van der Waals surface area contributed by atoms with Crippen molar-refractivity contribution in [2.45, 2.75) is 0 Å². The summed E-state index contributed by atoms with van der Waals surface area (Å²) in [5.74, 6) is 0. The molecule has 0 aliphatic rings. The molecule has 0 aliphatic heterocycles. The van der Waals surface area contributed by atoms with Crippen LogP contribution in [-0.2, 0) is 0 Å². The summed E-state index contributed by atoms with van der Waals surface area (Å²) in [6.45, 7) is 0. The topological polar surface area (TPSA) is 38.7 Å². The van der Waals surface area contributed by atoms with Crippen molar-refractivity contribution < 1.29 is 0 Å². The highest BCUT2D eigenvalue weighted by atomic mass is 127. The Labute approximate surface area is 97.3 Å². The molecule has 0 fully saturated rings. The number of halogens is 2. The second-order valence-corrected chi connectivity index (χ2v) is 4.92. The van der Waals surface area contributed by atoms with Crippen molar-refractivity contribution in [3.63, 3.8) is 0 Å². The van der Waals surface area contributed by atoms with Crippen LogP contribution in [0.25, 0.3) is 10.7 Å². The molecule has 0 spiro atoms. The van der Waals surface area contributed by atoms with Crippen LogP contribution in [0.5, 0.6) is 0 Å². The molecule has 0 radical (unpaired) electrons. The highest BCUT2D eigenvalue weighted by Gasteiger charge is 2.08. The lowest BCUT2D eigenvalue weighted by atomic mass is 10.4. The molecule has 66 valence electrons. The van der Waals surface area contributed by atoms with Crippen molar-refractivity contribution in [2.75, 3.05) is 0 Å². The van der Waals surface area contributed by atoms with Gasteiger partial charge >= 0.3 is 0 Å². The summed E-state index contributed by atoms with van der Waals surface area (Å²) in [4.78, 5) is 4.20. The number of rotatable bonds is 1. The molecule has 0 aromatic carbocycles. The fourth-order valence-electron chi connectivity index (χ4n) is 0.844. The Hall–Kier alpha value is -0.270. The number of hydrogen-bond acceptors (Lipinski definition) is 4. The van der Waals surface area contributed by atoms with Crippen molar-refractivity contribution in [2.24, 2.45) is 0 Å². The first-order valence-corrected chi connectivity index (χ1v) is 5.64. The summed E-state index contributed by atoms with van der Waals surface area (Å²) in [5.41, 5.74) is 0.840. The van der Waals surface area contributed by atoms with E-state index in [2.05, 4.69) is 37.8 Å². The zero-order valence-electron chi connectivity index (χ0n) is 6.24. The lowest BCUT2D eigenvalue weighted by Gasteiger charge is -1.95. The zero-order chi connectivity index (χ0) is 9.26. The van der Waals surface area contributed by atoms with E-state index < -0.39 is 0 Å². The summed E-state index contributed by atoms with van der Waals surface area (Å²) >= 11 is 9.21. The van der Waals surface area contributed by atoms with Crippen LogP contribution in [0.1, 0.15) is 0 Å². The van der Waals surface area contributed by atoms with Gasteiger partial charge in [0.15, 0.2) is 5.01 Å². The monoisotopic (exact) mass is 323 g/mol. The van der Waals surface area contributed by atoms with Gasteiger partial charge in [-0.3, -0.25) is 4.98 Å². The van der Waals surface area contributed by atoms with Gasteiger partial charge in [0.25, 0.3) is 0 Å². The third-order valence-electron chi connectivity index (χ3n) is 1.36. The van der Waals surface area contributed by atoms with Crippen LogP contribution in [0.4, 0.5) is 0 Å². The second kappa shape index (κ2) is 3.85. The Morgan fingerprint density at radius 2 is 2.23 bits per heavy atom. The Morgan fingerprint density at radius 3 is 2.85 bits per heavy atom. The van der Waals surface area contributed by atoms with Gasteiger partial charge in [-0.15, -0.1) is 10.2 Å². The Kier molecular flexibility index (Phi) is 2.75.